The molecule has 2 aliphatic heterocycles. The van der Waals surface area contributed by atoms with E-state index in [1.165, 1.54) is 60.7 Å². The second-order valence-corrected chi connectivity index (χ2v) is 22.6. The van der Waals surface area contributed by atoms with Gasteiger partial charge in [0.05, 0.1) is 34.5 Å². The fourth-order valence-corrected chi connectivity index (χ4v) is 11.8. The van der Waals surface area contributed by atoms with Crippen LogP contribution in [0.2, 0.25) is 0 Å². The van der Waals surface area contributed by atoms with E-state index in [1.807, 2.05) is 0 Å². The molecule has 10 atom stereocenters. The lowest BCUT2D eigenvalue weighted by molar-refractivity contribution is -0.160. The second-order valence-electron chi connectivity index (χ2n) is 19.6. The average molecular weight is 1120 g/mol. The van der Waals surface area contributed by atoms with Gasteiger partial charge in [0.25, 0.3) is 11.8 Å². The highest BCUT2D eigenvalue weighted by molar-refractivity contribution is 8.11. The van der Waals surface area contributed by atoms with Crippen LogP contribution in [-0.4, -0.2) is 209 Å². The number of cyclic esters (lactones) is 2. The molecule has 2 bridgehead atoms. The zero-order valence-electron chi connectivity index (χ0n) is 44.9. The molecule has 4 N–H and O–H groups in total. The molecule has 2 saturated heterocycles. The minimum Gasteiger partial charge on any atom is -0.461 e. The van der Waals surface area contributed by atoms with Crippen molar-refractivity contribution >= 4 is 104 Å². The summed E-state index contributed by atoms with van der Waals surface area (Å²) in [5.41, 5.74) is 1.26. The van der Waals surface area contributed by atoms with E-state index >= 15 is 9.59 Å². The predicted molar refractivity (Wildman–Crippen MR) is 285 cm³/mol. The molecule has 2 aromatic carbocycles. The number of carbonyl (C=O) groups is 10. The summed E-state index contributed by atoms with van der Waals surface area (Å²) in [7, 11) is 2.93. The molecule has 0 saturated carbocycles. The number of amides is 8. The van der Waals surface area contributed by atoms with Gasteiger partial charge in [-0.05, 0) is 49.9 Å². The van der Waals surface area contributed by atoms with Crippen molar-refractivity contribution in [3.63, 3.8) is 0 Å². The number of likely N-dealkylation sites (N-methyl/N-ethyl adjacent to an activating group) is 4. The number of nitrogens with zero attached hydrogens (tertiary/aromatic N) is 8. The van der Waals surface area contributed by atoms with Crippen molar-refractivity contribution in [1.82, 2.24) is 60.8 Å². The smallest absolute Gasteiger partial charge is 0.329 e. The van der Waals surface area contributed by atoms with Gasteiger partial charge in [-0.3, -0.25) is 52.5 Å². The summed E-state index contributed by atoms with van der Waals surface area (Å²) in [6.45, 7) is 7.32. The first kappa shape index (κ1) is 59.6. The SMILES string of the molecule is CC(C)[C@H]1C(=O)OC[C@H](NC(=O)c2cnc3ccccc3n2)C(=O)N[C@@H](C)C(=O)N(C)[C@H]2CSC(S(C)=O)[C@@H](C(=O)N1C)N(C)C(=O)[C@H](C)NC(=O)[C@@H](NC(=O)c1cnc3ccccc3n1)COC(=O)[C@H](C(C)C)N(C)C2=O. The second kappa shape index (κ2) is 25.6. The van der Waals surface area contributed by atoms with Gasteiger partial charge in [0, 0.05) is 51.0 Å². The van der Waals surface area contributed by atoms with E-state index < -0.39 is 154 Å². The van der Waals surface area contributed by atoms with Gasteiger partial charge in [-0.25, -0.2) is 19.6 Å². The predicted octanol–water partition coefficient (Wildman–Crippen LogP) is -0.349. The van der Waals surface area contributed by atoms with E-state index in [9.17, 15) is 42.6 Å². The van der Waals surface area contributed by atoms with Gasteiger partial charge in [0.1, 0.15) is 77.5 Å². The van der Waals surface area contributed by atoms with Crippen molar-refractivity contribution in [2.24, 2.45) is 11.8 Å². The highest BCUT2D eigenvalue weighted by atomic mass is 32.2. The molecular formula is C51H64N12O13S2. The third-order valence-electron chi connectivity index (χ3n) is 13.2. The maximum atomic E-state index is 15.3. The summed E-state index contributed by atoms with van der Waals surface area (Å²) in [4.78, 5) is 165. The van der Waals surface area contributed by atoms with Gasteiger partial charge in [0.2, 0.25) is 35.4 Å². The van der Waals surface area contributed by atoms with Crippen LogP contribution in [0.1, 0.15) is 62.5 Å². The molecule has 27 heteroatoms. The Morgan fingerprint density at radius 3 is 1.42 bits per heavy atom. The van der Waals surface area contributed by atoms with Crippen molar-refractivity contribution in [2.45, 2.75) is 94.5 Å². The van der Waals surface area contributed by atoms with Crippen molar-refractivity contribution in [2.75, 3.05) is 53.4 Å². The molecule has 4 aromatic rings. The Morgan fingerprint density at radius 2 is 1.01 bits per heavy atom. The van der Waals surface area contributed by atoms with Gasteiger partial charge in [0.15, 0.2) is 0 Å². The van der Waals surface area contributed by atoms with Crippen molar-refractivity contribution in [3.8, 4) is 0 Å². The van der Waals surface area contributed by atoms with E-state index in [4.69, 9.17) is 9.47 Å². The summed E-state index contributed by atoms with van der Waals surface area (Å²) < 4.78 is 24.1. The first-order chi connectivity index (χ1) is 36.8. The lowest BCUT2D eigenvalue weighted by Crippen LogP contribution is -2.61. The minimum atomic E-state index is -2.08. The fraction of sp³-hybridized carbons (Fsp3) is 0.490. The van der Waals surface area contributed by atoms with E-state index in [-0.39, 0.29) is 11.4 Å². The number of rotatable bonds is 7. The van der Waals surface area contributed by atoms with Crippen molar-refractivity contribution in [1.29, 1.82) is 0 Å². The summed E-state index contributed by atoms with van der Waals surface area (Å²) in [6.07, 6.45) is 3.62. The summed E-state index contributed by atoms with van der Waals surface area (Å²) >= 11 is 0.778. The highest BCUT2D eigenvalue weighted by Gasteiger charge is 2.46. The number of carbonyl (C=O) groups excluding carboxylic acids is 10. The van der Waals surface area contributed by atoms with Gasteiger partial charge in [-0.2, -0.15) is 0 Å². The quantitative estimate of drug-likeness (QED) is 0.172. The van der Waals surface area contributed by atoms with E-state index in [2.05, 4.69) is 41.2 Å². The first-order valence-electron chi connectivity index (χ1n) is 24.8. The minimum absolute atomic E-state index is 0.205. The molecule has 0 aliphatic carbocycles. The zero-order valence-corrected chi connectivity index (χ0v) is 46.6. The third kappa shape index (κ3) is 13.5. The summed E-state index contributed by atoms with van der Waals surface area (Å²) in [5, 5.41) is 10.1. The Kier molecular flexibility index (Phi) is 19.6. The van der Waals surface area contributed by atoms with Crippen molar-refractivity contribution in [3.05, 3.63) is 72.3 Å². The number of fused-ring (bicyclic) bond motifs is 6. The number of benzene rings is 2. The molecule has 25 nitrogen and oxygen atoms in total. The monoisotopic (exact) mass is 1120 g/mol. The third-order valence-corrected chi connectivity index (χ3v) is 16.5. The molecule has 78 heavy (non-hydrogen) atoms. The Labute approximate surface area is 456 Å². The van der Waals surface area contributed by atoms with Crippen LogP contribution in [-0.2, 0) is 58.6 Å². The van der Waals surface area contributed by atoms with Crippen molar-refractivity contribution < 1.29 is 61.6 Å². The Morgan fingerprint density at radius 1 is 0.615 bits per heavy atom. The van der Waals surface area contributed by atoms with E-state index in [0.717, 1.165) is 31.4 Å². The van der Waals surface area contributed by atoms with Crippen LogP contribution in [0.25, 0.3) is 22.1 Å². The highest BCUT2D eigenvalue weighted by Crippen LogP contribution is 2.29. The lowest BCUT2D eigenvalue weighted by Gasteiger charge is -2.39. The Hall–Kier alpha value is -7.68. The Balaban J connectivity index is 1.45. The van der Waals surface area contributed by atoms with Gasteiger partial charge >= 0.3 is 11.9 Å². The molecule has 2 aliphatic rings. The summed E-state index contributed by atoms with van der Waals surface area (Å²) in [5.74, 6) is -11.4. The standard InChI is InChI=1S/C51H64N12O13S2/c1-25(2)38-49(72)75-22-36(59-42(65)34-21-53-30-17-13-15-19-32(30)57-34)44(67)55-28(6)46(69)63(10)40-48(71)62(9)39(26(3)4)50(73)76-23-35(58-41(64)33-20-52-29-16-12-14-18-31(29)56-33)43(66)54-27(5)45(68)60(7)37(47(70)61(38)8)24-77-51(40)78(11)74/h12-21,25-28,35-40,51H,22-24H2,1-11H3,(H,54,66)(H,55,67)(H,58,64)(H,59,65)/t27-,28-,35-,36-,37-,38-,39-,40+,51?,78?/m0/s1. The maximum absolute atomic E-state index is 15.3. The van der Waals surface area contributed by atoms with Crippen LogP contribution in [0, 0.1) is 11.8 Å². The molecule has 0 radical (unpaired) electrons. The number of nitrogens with one attached hydrogen (secondary N) is 4. The first-order valence-corrected chi connectivity index (χ1v) is 27.5. The average Bonchev–Trinajstić information content (AvgIpc) is 3.40. The van der Waals surface area contributed by atoms with E-state index in [0.29, 0.717) is 22.1 Å². The molecule has 2 unspecified atom stereocenters. The van der Waals surface area contributed by atoms with Crippen LogP contribution in [0.4, 0.5) is 0 Å². The number of thioether (sulfide) groups is 1. The molecule has 418 valence electrons. The lowest BCUT2D eigenvalue weighted by atomic mass is 10.0. The van der Waals surface area contributed by atoms with Crippen LogP contribution in [0.15, 0.2) is 60.9 Å². The number of esters is 2. The van der Waals surface area contributed by atoms with Gasteiger partial charge in [-0.15, -0.1) is 11.8 Å². The van der Waals surface area contributed by atoms with Crippen LogP contribution >= 0.6 is 11.8 Å². The van der Waals surface area contributed by atoms with Gasteiger partial charge < -0.3 is 50.3 Å². The molecule has 2 aromatic heterocycles. The summed E-state index contributed by atoms with van der Waals surface area (Å²) in [6, 6.07) is 0.852. The molecule has 4 heterocycles. The number of para-hydroxylation sites is 4. The Bertz CT molecular complexity index is 3020. The van der Waals surface area contributed by atoms with E-state index in [1.54, 1.807) is 76.2 Å². The number of aromatic nitrogens is 4. The van der Waals surface area contributed by atoms with Gasteiger partial charge in [-0.1, -0.05) is 52.0 Å². The topological polar surface area (TPSA) is 319 Å². The number of hydrogen-bond donors (Lipinski definition) is 4. The maximum Gasteiger partial charge on any atom is 0.329 e. The number of ether oxygens (including phenoxy) is 2. The van der Waals surface area contributed by atoms with Crippen LogP contribution in [0.5, 0.6) is 0 Å². The molecule has 8 amide bonds. The molecular weight excluding hydrogens is 1050 g/mol. The van der Waals surface area contributed by atoms with Crippen LogP contribution in [0.3, 0.4) is 0 Å². The molecule has 2 fully saturated rings. The molecule has 6 rings (SSSR count). The zero-order chi connectivity index (χ0) is 57.4. The molecule has 0 spiro atoms. The number of hydrogen-bond acceptors (Lipinski definition) is 18. The van der Waals surface area contributed by atoms with Crippen LogP contribution < -0.4 is 21.3 Å². The fourth-order valence-electron chi connectivity index (χ4n) is 8.96. The normalized spacial score (nSPS) is 25.6. The largest absolute Gasteiger partial charge is 0.461 e.